The average molecular weight is 298 g/mol. The molecule has 0 fully saturated rings. The molecule has 21 heavy (non-hydrogen) atoms. The molecular weight excluding hydrogens is 270 g/mol. The molecule has 2 unspecified atom stereocenters. The van der Waals surface area contributed by atoms with Crippen LogP contribution in [0.25, 0.3) is 0 Å². The van der Waals surface area contributed by atoms with Crippen molar-refractivity contribution < 1.29 is 8.78 Å². The quantitative estimate of drug-likeness (QED) is 0.789. The Morgan fingerprint density at radius 2 is 1.90 bits per heavy atom. The van der Waals surface area contributed by atoms with Crippen LogP contribution in [0.4, 0.5) is 8.78 Å². The summed E-state index contributed by atoms with van der Waals surface area (Å²) in [5, 5.41) is 3.53. The Balaban J connectivity index is 3.02. The molecule has 1 aromatic rings. The number of rotatable bonds is 8. The van der Waals surface area contributed by atoms with Gasteiger partial charge >= 0.3 is 0 Å². The van der Waals surface area contributed by atoms with Gasteiger partial charge in [0.2, 0.25) is 0 Å². The molecule has 0 spiro atoms. The maximum absolute atomic E-state index is 13.9. The third kappa shape index (κ3) is 4.48. The van der Waals surface area contributed by atoms with E-state index in [-0.39, 0.29) is 11.6 Å². The van der Waals surface area contributed by atoms with Crippen molar-refractivity contribution in [1.82, 2.24) is 10.2 Å². The molecule has 0 aliphatic heterocycles. The van der Waals surface area contributed by atoms with Crippen molar-refractivity contribution in [3.05, 3.63) is 35.4 Å². The lowest BCUT2D eigenvalue weighted by Gasteiger charge is -2.43. The second-order valence-electron chi connectivity index (χ2n) is 6.05. The monoisotopic (exact) mass is 298 g/mol. The lowest BCUT2D eigenvalue weighted by molar-refractivity contribution is 0.112. The van der Waals surface area contributed by atoms with Gasteiger partial charge in [0.15, 0.2) is 0 Å². The van der Waals surface area contributed by atoms with Crippen molar-refractivity contribution in [2.75, 3.05) is 20.6 Å². The Hall–Kier alpha value is -1.00. The zero-order valence-corrected chi connectivity index (χ0v) is 13.8. The Labute approximate surface area is 127 Å². The predicted octanol–water partition coefficient (Wildman–Crippen LogP) is 3.61. The number of likely N-dealkylation sites (N-methyl/N-ethyl adjacent to an activating group) is 1. The summed E-state index contributed by atoms with van der Waals surface area (Å²) in [7, 11) is 4.09. The Kier molecular flexibility index (Phi) is 6.75. The summed E-state index contributed by atoms with van der Waals surface area (Å²) in [5.74, 6) is -0.990. The van der Waals surface area contributed by atoms with E-state index in [0.717, 1.165) is 25.5 Å². The summed E-state index contributed by atoms with van der Waals surface area (Å²) < 4.78 is 27.0. The van der Waals surface area contributed by atoms with Crippen molar-refractivity contribution in [2.45, 2.75) is 51.6 Å². The van der Waals surface area contributed by atoms with Crippen LogP contribution in [0.5, 0.6) is 0 Å². The van der Waals surface area contributed by atoms with E-state index in [4.69, 9.17) is 0 Å². The van der Waals surface area contributed by atoms with Crippen molar-refractivity contribution in [1.29, 1.82) is 0 Å². The van der Waals surface area contributed by atoms with Crippen LogP contribution in [0, 0.1) is 11.6 Å². The molecule has 0 heterocycles. The summed E-state index contributed by atoms with van der Waals surface area (Å²) >= 11 is 0. The molecule has 0 saturated carbocycles. The second kappa shape index (κ2) is 7.85. The summed E-state index contributed by atoms with van der Waals surface area (Å²) in [4.78, 5) is 2.18. The first-order valence-corrected chi connectivity index (χ1v) is 7.69. The summed E-state index contributed by atoms with van der Waals surface area (Å²) in [6.45, 7) is 7.32. The van der Waals surface area contributed by atoms with Crippen LogP contribution < -0.4 is 5.32 Å². The Bertz CT molecular complexity index is 448. The lowest BCUT2D eigenvalue weighted by atomic mass is 9.84. The maximum Gasteiger partial charge on any atom is 0.129 e. The first-order valence-electron chi connectivity index (χ1n) is 7.69. The molecule has 1 aromatic carbocycles. The first kappa shape index (κ1) is 18.1. The fraction of sp³-hybridized carbons (Fsp3) is 0.647. The van der Waals surface area contributed by atoms with Crippen LogP contribution in [0.3, 0.4) is 0 Å². The van der Waals surface area contributed by atoms with Crippen LogP contribution in [0.2, 0.25) is 0 Å². The highest BCUT2D eigenvalue weighted by Crippen LogP contribution is 2.25. The largest absolute Gasteiger partial charge is 0.312 e. The third-order valence-electron chi connectivity index (χ3n) is 4.57. The SMILES string of the molecule is CCCNC(Cc1ccc(F)cc1F)C(C)(CC)N(C)C. The van der Waals surface area contributed by atoms with Crippen LogP contribution >= 0.6 is 0 Å². The highest BCUT2D eigenvalue weighted by Gasteiger charge is 2.34. The van der Waals surface area contributed by atoms with Gasteiger partial charge in [-0.3, -0.25) is 0 Å². The van der Waals surface area contributed by atoms with Crippen LogP contribution in [-0.4, -0.2) is 37.1 Å². The van der Waals surface area contributed by atoms with Gasteiger partial charge in [-0.05, 0) is 58.5 Å². The van der Waals surface area contributed by atoms with Gasteiger partial charge in [0.25, 0.3) is 0 Å². The van der Waals surface area contributed by atoms with E-state index < -0.39 is 11.6 Å². The smallest absolute Gasteiger partial charge is 0.129 e. The third-order valence-corrected chi connectivity index (χ3v) is 4.57. The molecule has 1 rings (SSSR count). The minimum atomic E-state index is -0.528. The normalized spacial score (nSPS) is 16.0. The van der Waals surface area contributed by atoms with E-state index in [2.05, 4.69) is 31.0 Å². The zero-order chi connectivity index (χ0) is 16.0. The van der Waals surface area contributed by atoms with Crippen LogP contribution in [0.1, 0.15) is 39.2 Å². The molecule has 0 aliphatic carbocycles. The van der Waals surface area contributed by atoms with E-state index in [1.54, 1.807) is 6.07 Å². The molecular formula is C17H28F2N2. The fourth-order valence-electron chi connectivity index (χ4n) is 2.61. The van der Waals surface area contributed by atoms with Crippen molar-refractivity contribution in [3.8, 4) is 0 Å². The number of hydrogen-bond donors (Lipinski definition) is 1. The van der Waals surface area contributed by atoms with Crippen molar-refractivity contribution >= 4 is 0 Å². The molecule has 2 nitrogen and oxygen atoms in total. The zero-order valence-electron chi connectivity index (χ0n) is 13.8. The molecule has 0 bridgehead atoms. The average Bonchev–Trinajstić information content (AvgIpc) is 2.44. The fourth-order valence-corrected chi connectivity index (χ4v) is 2.61. The van der Waals surface area contributed by atoms with E-state index in [0.29, 0.717) is 12.0 Å². The van der Waals surface area contributed by atoms with E-state index in [1.807, 2.05) is 14.1 Å². The van der Waals surface area contributed by atoms with Gasteiger partial charge in [0.05, 0.1) is 0 Å². The maximum atomic E-state index is 13.9. The highest BCUT2D eigenvalue weighted by molar-refractivity contribution is 5.21. The first-order chi connectivity index (χ1) is 9.85. The van der Waals surface area contributed by atoms with Gasteiger partial charge in [0, 0.05) is 17.6 Å². The molecule has 0 amide bonds. The number of halogens is 2. The van der Waals surface area contributed by atoms with Gasteiger partial charge in [-0.1, -0.05) is 19.9 Å². The van der Waals surface area contributed by atoms with Gasteiger partial charge in [-0.25, -0.2) is 8.78 Å². The minimum Gasteiger partial charge on any atom is -0.312 e. The van der Waals surface area contributed by atoms with E-state index in [1.165, 1.54) is 6.07 Å². The molecule has 0 aromatic heterocycles. The van der Waals surface area contributed by atoms with E-state index in [9.17, 15) is 8.78 Å². The molecule has 0 aliphatic rings. The summed E-state index contributed by atoms with van der Waals surface area (Å²) in [6, 6.07) is 3.95. The lowest BCUT2D eigenvalue weighted by Crippen LogP contribution is -2.58. The molecule has 4 heteroatoms. The van der Waals surface area contributed by atoms with Gasteiger partial charge in [-0.2, -0.15) is 0 Å². The molecule has 2 atom stereocenters. The van der Waals surface area contributed by atoms with Crippen molar-refractivity contribution in [3.63, 3.8) is 0 Å². The number of nitrogens with zero attached hydrogens (tertiary/aromatic N) is 1. The standard InChI is InChI=1S/C17H28F2N2/c1-6-10-20-16(17(3,7-2)21(4)5)11-13-8-9-14(18)12-15(13)19/h8-9,12,16,20H,6-7,10-11H2,1-5H3. The minimum absolute atomic E-state index is 0.0873. The van der Waals surface area contributed by atoms with Crippen LogP contribution in [0.15, 0.2) is 18.2 Å². The topological polar surface area (TPSA) is 15.3 Å². The molecule has 120 valence electrons. The molecule has 0 radical (unpaired) electrons. The van der Waals surface area contributed by atoms with Gasteiger partial charge < -0.3 is 10.2 Å². The predicted molar refractivity (Wildman–Crippen MR) is 84.5 cm³/mol. The van der Waals surface area contributed by atoms with Gasteiger partial charge in [-0.15, -0.1) is 0 Å². The van der Waals surface area contributed by atoms with Crippen molar-refractivity contribution in [2.24, 2.45) is 0 Å². The number of benzene rings is 1. The number of nitrogens with one attached hydrogen (secondary N) is 1. The molecule has 1 N–H and O–H groups in total. The summed E-state index contributed by atoms with van der Waals surface area (Å²) in [5.41, 5.74) is 0.474. The second-order valence-corrected chi connectivity index (χ2v) is 6.05. The Morgan fingerprint density at radius 1 is 1.24 bits per heavy atom. The number of hydrogen-bond acceptors (Lipinski definition) is 2. The van der Waals surface area contributed by atoms with E-state index >= 15 is 0 Å². The Morgan fingerprint density at radius 3 is 2.38 bits per heavy atom. The van der Waals surface area contributed by atoms with Crippen LogP contribution in [-0.2, 0) is 6.42 Å². The summed E-state index contributed by atoms with van der Waals surface area (Å²) in [6.07, 6.45) is 2.52. The highest BCUT2D eigenvalue weighted by atomic mass is 19.1. The van der Waals surface area contributed by atoms with Gasteiger partial charge in [0.1, 0.15) is 11.6 Å². The molecule has 0 saturated heterocycles.